The van der Waals surface area contributed by atoms with Gasteiger partial charge in [-0.2, -0.15) is 98.4 Å². The number of anilines is 4. The molecule has 0 bridgehead atoms. The quantitative estimate of drug-likeness (QED) is 0.0475. The first-order valence-corrected chi connectivity index (χ1v) is 24.9. The number of alkyl halides is 9. The molecule has 7 rings (SSSR count). The van der Waals surface area contributed by atoms with Crippen molar-refractivity contribution in [1.29, 1.82) is 5.26 Å². The smallest absolute Gasteiger partial charge is 0.435 e. The van der Waals surface area contributed by atoms with Crippen molar-refractivity contribution in [3.63, 3.8) is 0 Å². The number of hydrogen-bond acceptors (Lipinski definition) is 20. The summed E-state index contributed by atoms with van der Waals surface area (Å²) < 4.78 is 122. The van der Waals surface area contributed by atoms with Crippen molar-refractivity contribution in [3.8, 4) is 23.1 Å². The van der Waals surface area contributed by atoms with Gasteiger partial charge in [-0.25, -0.2) is 14.0 Å². The van der Waals surface area contributed by atoms with E-state index in [1.807, 2.05) is 52.0 Å². The number of halogens is 10. The summed E-state index contributed by atoms with van der Waals surface area (Å²) >= 11 is 0. The summed E-state index contributed by atoms with van der Waals surface area (Å²) in [5, 5.41) is 20.6. The van der Waals surface area contributed by atoms with Crippen molar-refractivity contribution < 1.29 is 102 Å². The van der Waals surface area contributed by atoms with E-state index in [0.717, 1.165) is 59.5 Å². The summed E-state index contributed by atoms with van der Waals surface area (Å²) in [6, 6.07) is 32.6. The predicted molar refractivity (Wildman–Crippen MR) is 361 cm³/mol. The number of amides is 2. The number of nitrogens with one attached hydrogen (secondary N) is 2. The summed E-state index contributed by atoms with van der Waals surface area (Å²) in [6.07, 6.45) is -12.6. The highest BCUT2D eigenvalue weighted by Crippen LogP contribution is 2.34. The van der Waals surface area contributed by atoms with Crippen molar-refractivity contribution in [3.05, 3.63) is 155 Å². The second kappa shape index (κ2) is 60.2. The first-order chi connectivity index (χ1) is 42.4. The molecule has 0 aliphatic heterocycles. The van der Waals surface area contributed by atoms with Gasteiger partial charge in [0, 0.05) is 51.7 Å². The minimum Gasteiger partial charge on any atom is -0.466 e. The number of nitriles is 1. The molecule has 0 aliphatic rings. The maximum atomic E-state index is 12.8. The van der Waals surface area contributed by atoms with Crippen LogP contribution in [-0.4, -0.2) is 91.2 Å². The van der Waals surface area contributed by atoms with Crippen molar-refractivity contribution >= 4 is 83.7 Å². The number of hydrogen-bond donors (Lipinski definition) is 4. The van der Waals surface area contributed by atoms with Gasteiger partial charge < -0.3 is 26.1 Å². The van der Waals surface area contributed by atoms with Gasteiger partial charge in [-0.05, 0) is 90.1 Å². The van der Waals surface area contributed by atoms with E-state index in [1.54, 1.807) is 85.8 Å². The first-order valence-electron chi connectivity index (χ1n) is 24.9. The van der Waals surface area contributed by atoms with Crippen LogP contribution in [0.4, 0.5) is 62.7 Å². The van der Waals surface area contributed by atoms with Crippen LogP contribution in [0.3, 0.4) is 0 Å². The highest BCUT2D eigenvalue weighted by Gasteiger charge is 2.37. The number of nitrogen functional groups attached to an aromatic ring is 2. The zero-order chi connectivity index (χ0) is 70.8. The van der Waals surface area contributed by atoms with E-state index >= 15 is 0 Å². The van der Waals surface area contributed by atoms with E-state index in [2.05, 4.69) is 30.8 Å². The third-order valence-electron chi connectivity index (χ3n) is 9.86. The van der Waals surface area contributed by atoms with Gasteiger partial charge in [-0.1, -0.05) is 130 Å². The van der Waals surface area contributed by atoms with Gasteiger partial charge in [-0.15, -0.1) is 12.4 Å². The SMILES string of the molecule is C.C.C.C.C.C.C.C.CC(=O)CC#N.CC(=O)N(C)c1cc(C(F)(F)F)nn1-c1ccc(C)cc1.CC(=O)Nc1cc(C(F)(F)F)nn1-c1ccc(C)cc1.CCOC(C)=O.Cc1ccc(-n2nc(C(F)(F)F)cc2N)cc1.Cc1ccc(NN)cc1.Cl.O=C=O.O=C=O.O=C=O.O=C=O. The summed E-state index contributed by atoms with van der Waals surface area (Å²) in [4.78, 5) is 108. The minimum atomic E-state index is -4.57. The third-order valence-corrected chi connectivity index (χ3v) is 9.86. The predicted octanol–water partition coefficient (Wildman–Crippen LogP) is 14.6. The molecule has 0 unspecified atom stereocenters. The topological polar surface area (TPSA) is 371 Å². The van der Waals surface area contributed by atoms with E-state index in [-0.39, 0.29) is 138 Å². The Kier molecular flexibility index (Phi) is 69.9. The number of aryl methyl sites for hydroxylation is 4. The first kappa shape index (κ1) is 116. The Morgan fingerprint density at radius 2 is 0.810 bits per heavy atom. The number of benzene rings is 4. The molecular formula is C65H92ClF9N12O13. The number of nitrogens with two attached hydrogens (primary N) is 2. The molecule has 0 atom stereocenters. The summed E-state index contributed by atoms with van der Waals surface area (Å²) in [6.45, 7) is 15.2. The van der Waals surface area contributed by atoms with Gasteiger partial charge in [0.1, 0.15) is 23.2 Å². The second-order valence-electron chi connectivity index (χ2n) is 17.1. The molecule has 0 radical (unpaired) electrons. The normalized spacial score (nSPS) is 8.71. The number of ether oxygens (including phenoxy) is 1. The molecule has 0 fully saturated rings. The van der Waals surface area contributed by atoms with E-state index in [4.69, 9.17) is 55.2 Å². The Morgan fingerprint density at radius 1 is 0.520 bits per heavy atom. The zero-order valence-corrected chi connectivity index (χ0v) is 51.0. The maximum absolute atomic E-state index is 12.8. The molecular weight excluding hydrogens is 1360 g/mol. The van der Waals surface area contributed by atoms with Gasteiger partial charge in [0.2, 0.25) is 11.8 Å². The fraction of sp³-hybridized carbons (Fsp3) is 0.354. The lowest BCUT2D eigenvalue weighted by molar-refractivity contribution is -0.193. The fourth-order valence-corrected chi connectivity index (χ4v) is 5.85. The molecule has 2 amide bonds. The Morgan fingerprint density at radius 3 is 1.06 bits per heavy atom. The van der Waals surface area contributed by atoms with Crippen LogP contribution in [0.15, 0.2) is 115 Å². The standard InChI is InChI=1S/C14H14F3N3O.C13H12F3N3O.C11H10F3N3.C7H10N2.C4H5NO.C4H8O2.4CO2.8CH4.ClH/c1-9-4-6-11(7-5-9)20-13(19(3)10(2)21)8-12(18-20)14(15,16)17;1-8-3-5-10(6-4-8)19-12(17-9(2)20)7-11(18-19)13(14,15)16;1-7-2-4-8(5-3-7)17-10(15)6-9(16-17)11(12,13)14;1-6-2-4-7(9-8)5-3-6;1-4(6)2-3-5;1-3-6-4(2)5;4*2-1-3;;;;;;;;;/h4-8H,1-3H3;3-7H,1-2H3,(H,17,20);2-6H,15H2,1H3;2-5,9H,8H2,1H3;2H2,1H3;3H2,1-2H3;;;;;8*1H4;1H. The van der Waals surface area contributed by atoms with Crippen molar-refractivity contribution in [2.45, 2.75) is 147 Å². The number of esters is 1. The maximum Gasteiger partial charge on any atom is 0.435 e. The summed E-state index contributed by atoms with van der Waals surface area (Å²) in [5.41, 5.74) is 11.5. The van der Waals surface area contributed by atoms with Crippen LogP contribution in [0.1, 0.15) is 140 Å². The number of ketones is 1. The van der Waals surface area contributed by atoms with Gasteiger partial charge in [0.15, 0.2) is 17.1 Å². The Labute approximate surface area is 583 Å². The van der Waals surface area contributed by atoms with Crippen LogP contribution >= 0.6 is 12.4 Å². The van der Waals surface area contributed by atoms with Crippen LogP contribution in [0.5, 0.6) is 0 Å². The van der Waals surface area contributed by atoms with Crippen LogP contribution in [0.2, 0.25) is 0 Å². The van der Waals surface area contributed by atoms with Crippen molar-refractivity contribution in [2.75, 3.05) is 35.0 Å². The molecule has 560 valence electrons. The second-order valence-corrected chi connectivity index (χ2v) is 17.1. The molecule has 6 N–H and O–H groups in total. The average Bonchev–Trinajstić information content (AvgIpc) is 1.66. The Hall–Kier alpha value is -11.2. The Bertz CT molecular complexity index is 3500. The van der Waals surface area contributed by atoms with E-state index in [9.17, 15) is 58.7 Å². The highest BCUT2D eigenvalue weighted by atomic mass is 35.5. The largest absolute Gasteiger partial charge is 0.466 e. The molecule has 3 aromatic heterocycles. The fourth-order valence-electron chi connectivity index (χ4n) is 5.85. The average molecular weight is 1460 g/mol. The van der Waals surface area contributed by atoms with E-state index in [1.165, 1.54) is 40.3 Å². The number of Topliss-reactive ketones (excluding diaryl/α,β-unsaturated/α-hetero) is 1. The molecule has 35 heteroatoms. The van der Waals surface area contributed by atoms with Crippen molar-refractivity contribution in [1.82, 2.24) is 29.3 Å². The molecule has 0 aliphatic carbocycles. The molecule has 100 heavy (non-hydrogen) atoms. The zero-order valence-electron chi connectivity index (χ0n) is 50.2. The van der Waals surface area contributed by atoms with Crippen LogP contribution in [-0.2, 0) is 80.8 Å². The monoisotopic (exact) mass is 1450 g/mol. The molecule has 0 spiro atoms. The third kappa shape index (κ3) is 48.5. The van der Waals surface area contributed by atoms with Crippen LogP contribution in [0, 0.1) is 39.0 Å². The summed E-state index contributed by atoms with van der Waals surface area (Å²) in [7, 11) is 1.41. The van der Waals surface area contributed by atoms with Gasteiger partial charge >= 0.3 is 49.1 Å². The number of nitrogens with zero attached hydrogens (tertiary/aromatic N) is 8. The summed E-state index contributed by atoms with van der Waals surface area (Å²) in [5.74, 6) is 4.03. The molecule has 7 aromatic rings. The molecule has 0 saturated carbocycles. The molecule has 0 saturated heterocycles. The lowest BCUT2D eigenvalue weighted by Gasteiger charge is -2.16. The van der Waals surface area contributed by atoms with Gasteiger partial charge in [0.05, 0.1) is 36.2 Å². The van der Waals surface area contributed by atoms with Gasteiger partial charge in [0.25, 0.3) is 0 Å². The van der Waals surface area contributed by atoms with Crippen molar-refractivity contribution in [2.24, 2.45) is 5.84 Å². The van der Waals surface area contributed by atoms with E-state index in [0.29, 0.717) is 23.7 Å². The number of hydrazine groups is 1. The number of rotatable bonds is 8. The van der Waals surface area contributed by atoms with Gasteiger partial charge in [-0.3, -0.25) is 25.0 Å². The Balaban J connectivity index is -0.0000000920. The minimum absolute atomic E-state index is 0. The van der Waals surface area contributed by atoms with E-state index < -0.39 is 41.5 Å². The molecule has 25 nitrogen and oxygen atoms in total. The molecule has 4 aromatic carbocycles. The number of carbonyl (C=O) groups is 4. The number of aromatic nitrogens is 6. The highest BCUT2D eigenvalue weighted by molar-refractivity contribution is 5.90. The van der Waals surface area contributed by atoms with Crippen LogP contribution < -0.4 is 27.2 Å². The number of carbonyl (C=O) groups excluding carboxylic acids is 12. The molecule has 3 heterocycles. The lowest BCUT2D eigenvalue weighted by atomic mass is 10.2. The lowest BCUT2D eigenvalue weighted by Crippen LogP contribution is -2.25. The van der Waals surface area contributed by atoms with Crippen LogP contribution in [0.25, 0.3) is 17.1 Å².